The zero-order valence-corrected chi connectivity index (χ0v) is 22.1. The first-order valence-corrected chi connectivity index (χ1v) is 12.4. The Kier molecular flexibility index (Phi) is 10.9. The SMILES string of the molecule is CCCCOc1ccc(C(=O)Oc2ccc(/C=N\NC(=O)C(=O)Nc3ccc(OCC)cc3)cc2OC)cc1. The van der Waals surface area contributed by atoms with Crippen LogP contribution in [-0.2, 0) is 9.59 Å². The van der Waals surface area contributed by atoms with Gasteiger partial charge in [0.15, 0.2) is 11.5 Å². The molecule has 0 bridgehead atoms. The maximum absolute atomic E-state index is 12.6. The van der Waals surface area contributed by atoms with Gasteiger partial charge in [0.2, 0.25) is 0 Å². The smallest absolute Gasteiger partial charge is 0.343 e. The second-order valence-electron chi connectivity index (χ2n) is 8.14. The number of carbonyl (C=O) groups is 3. The van der Waals surface area contributed by atoms with Crippen molar-refractivity contribution in [3.05, 3.63) is 77.9 Å². The fourth-order valence-electron chi connectivity index (χ4n) is 3.23. The quantitative estimate of drug-likeness (QED) is 0.0872. The Labute approximate surface area is 226 Å². The fraction of sp³-hybridized carbons (Fsp3) is 0.241. The van der Waals surface area contributed by atoms with Crippen LogP contribution >= 0.6 is 0 Å². The number of hydrazone groups is 1. The molecule has 0 atom stereocenters. The summed E-state index contributed by atoms with van der Waals surface area (Å²) in [6, 6.07) is 18.0. The normalized spacial score (nSPS) is 10.5. The minimum atomic E-state index is -0.945. The summed E-state index contributed by atoms with van der Waals surface area (Å²) in [5.74, 6) is -0.547. The van der Waals surface area contributed by atoms with Crippen LogP contribution in [0.25, 0.3) is 0 Å². The van der Waals surface area contributed by atoms with Crippen LogP contribution in [0.5, 0.6) is 23.0 Å². The van der Waals surface area contributed by atoms with Crippen molar-refractivity contribution >= 4 is 29.7 Å². The number of hydrogen-bond donors (Lipinski definition) is 2. The number of esters is 1. The first kappa shape index (κ1) is 28.7. The number of amides is 2. The average molecular weight is 534 g/mol. The molecule has 0 saturated heterocycles. The molecule has 0 aliphatic heterocycles. The highest BCUT2D eigenvalue weighted by molar-refractivity contribution is 6.39. The molecule has 0 aromatic heterocycles. The first-order chi connectivity index (χ1) is 18.9. The lowest BCUT2D eigenvalue weighted by Crippen LogP contribution is -2.32. The Morgan fingerprint density at radius 1 is 0.846 bits per heavy atom. The summed E-state index contributed by atoms with van der Waals surface area (Å²) < 4.78 is 21.8. The van der Waals surface area contributed by atoms with E-state index in [4.69, 9.17) is 18.9 Å². The van der Waals surface area contributed by atoms with E-state index < -0.39 is 17.8 Å². The van der Waals surface area contributed by atoms with Gasteiger partial charge < -0.3 is 24.3 Å². The minimum absolute atomic E-state index is 0.210. The van der Waals surface area contributed by atoms with Crippen LogP contribution in [0.3, 0.4) is 0 Å². The van der Waals surface area contributed by atoms with Crippen LogP contribution in [-0.4, -0.2) is 44.3 Å². The molecular weight excluding hydrogens is 502 g/mol. The number of benzene rings is 3. The van der Waals surface area contributed by atoms with Crippen LogP contribution in [0, 0.1) is 0 Å². The maximum Gasteiger partial charge on any atom is 0.343 e. The predicted octanol–water partition coefficient (Wildman–Crippen LogP) is 4.58. The van der Waals surface area contributed by atoms with E-state index in [9.17, 15) is 14.4 Å². The summed E-state index contributed by atoms with van der Waals surface area (Å²) in [5, 5.41) is 6.29. The number of carbonyl (C=O) groups excluding carboxylic acids is 3. The van der Waals surface area contributed by atoms with Gasteiger partial charge in [0.05, 0.1) is 32.1 Å². The van der Waals surface area contributed by atoms with Gasteiger partial charge in [0.1, 0.15) is 11.5 Å². The summed E-state index contributed by atoms with van der Waals surface area (Å²) in [6.45, 7) is 5.09. The van der Waals surface area contributed by atoms with E-state index >= 15 is 0 Å². The van der Waals surface area contributed by atoms with Crippen molar-refractivity contribution in [3.8, 4) is 23.0 Å². The summed E-state index contributed by atoms with van der Waals surface area (Å²) in [6.07, 6.45) is 3.32. The molecule has 204 valence electrons. The lowest BCUT2D eigenvalue weighted by Gasteiger charge is -2.10. The van der Waals surface area contributed by atoms with Gasteiger partial charge >= 0.3 is 17.8 Å². The van der Waals surface area contributed by atoms with Crippen molar-refractivity contribution in [2.45, 2.75) is 26.7 Å². The Morgan fingerprint density at radius 3 is 2.21 bits per heavy atom. The largest absolute Gasteiger partial charge is 0.494 e. The van der Waals surface area contributed by atoms with Gasteiger partial charge in [0.25, 0.3) is 0 Å². The van der Waals surface area contributed by atoms with E-state index in [0.717, 1.165) is 12.8 Å². The van der Waals surface area contributed by atoms with Crippen molar-refractivity contribution in [1.82, 2.24) is 5.43 Å². The molecule has 3 aromatic carbocycles. The molecule has 0 heterocycles. The second-order valence-corrected chi connectivity index (χ2v) is 8.14. The molecule has 0 unspecified atom stereocenters. The van der Waals surface area contributed by atoms with Gasteiger partial charge in [-0.15, -0.1) is 0 Å². The van der Waals surface area contributed by atoms with Crippen LogP contribution in [0.1, 0.15) is 42.6 Å². The van der Waals surface area contributed by atoms with Crippen molar-refractivity contribution in [2.24, 2.45) is 5.10 Å². The van der Waals surface area contributed by atoms with Gasteiger partial charge in [-0.05, 0) is 85.6 Å². The number of rotatable bonds is 12. The number of methoxy groups -OCH3 is 1. The summed E-state index contributed by atoms with van der Waals surface area (Å²) in [5.41, 5.74) is 3.50. The Morgan fingerprint density at radius 2 is 1.54 bits per heavy atom. The third kappa shape index (κ3) is 8.89. The molecule has 3 rings (SSSR count). The van der Waals surface area contributed by atoms with Crippen molar-refractivity contribution in [2.75, 3.05) is 25.6 Å². The van der Waals surface area contributed by atoms with E-state index in [0.29, 0.717) is 41.5 Å². The Balaban J connectivity index is 1.54. The molecule has 2 N–H and O–H groups in total. The summed E-state index contributed by atoms with van der Waals surface area (Å²) in [7, 11) is 1.43. The topological polar surface area (TPSA) is 125 Å². The highest BCUT2D eigenvalue weighted by Crippen LogP contribution is 2.28. The van der Waals surface area contributed by atoms with E-state index in [1.807, 2.05) is 6.92 Å². The van der Waals surface area contributed by atoms with Crippen LogP contribution in [0.2, 0.25) is 0 Å². The molecular formula is C29H31N3O7. The monoisotopic (exact) mass is 533 g/mol. The van der Waals surface area contributed by atoms with Gasteiger partial charge in [0, 0.05) is 5.69 Å². The minimum Gasteiger partial charge on any atom is -0.494 e. The van der Waals surface area contributed by atoms with E-state index in [1.54, 1.807) is 66.7 Å². The molecule has 0 fully saturated rings. The number of ether oxygens (including phenoxy) is 4. The fourth-order valence-corrected chi connectivity index (χ4v) is 3.23. The van der Waals surface area contributed by atoms with Crippen molar-refractivity contribution < 1.29 is 33.3 Å². The number of hydrogen-bond acceptors (Lipinski definition) is 8. The Bertz CT molecular complexity index is 1290. The average Bonchev–Trinajstić information content (AvgIpc) is 2.95. The highest BCUT2D eigenvalue weighted by atomic mass is 16.6. The van der Waals surface area contributed by atoms with Crippen LogP contribution in [0.4, 0.5) is 5.69 Å². The molecule has 0 spiro atoms. The number of nitrogens with one attached hydrogen (secondary N) is 2. The van der Waals surface area contributed by atoms with Gasteiger partial charge in [-0.2, -0.15) is 5.10 Å². The number of unbranched alkanes of at least 4 members (excludes halogenated alkanes) is 1. The van der Waals surface area contributed by atoms with Gasteiger partial charge in [-0.3, -0.25) is 9.59 Å². The zero-order valence-electron chi connectivity index (χ0n) is 22.1. The van der Waals surface area contributed by atoms with E-state index in [1.165, 1.54) is 13.3 Å². The van der Waals surface area contributed by atoms with Gasteiger partial charge in [-0.25, -0.2) is 10.2 Å². The molecule has 10 nitrogen and oxygen atoms in total. The lowest BCUT2D eigenvalue weighted by molar-refractivity contribution is -0.136. The first-order valence-electron chi connectivity index (χ1n) is 12.4. The number of anilines is 1. The highest BCUT2D eigenvalue weighted by Gasteiger charge is 2.14. The number of nitrogens with zero attached hydrogens (tertiary/aromatic N) is 1. The molecule has 0 saturated carbocycles. The predicted molar refractivity (Wildman–Crippen MR) is 147 cm³/mol. The molecule has 0 aliphatic rings. The summed E-state index contributed by atoms with van der Waals surface area (Å²) in [4.78, 5) is 36.8. The maximum atomic E-state index is 12.6. The molecule has 2 amide bonds. The van der Waals surface area contributed by atoms with E-state index in [-0.39, 0.29) is 11.5 Å². The van der Waals surface area contributed by atoms with Crippen molar-refractivity contribution in [3.63, 3.8) is 0 Å². The van der Waals surface area contributed by atoms with Gasteiger partial charge in [-0.1, -0.05) is 13.3 Å². The third-order valence-electron chi connectivity index (χ3n) is 5.26. The summed E-state index contributed by atoms with van der Waals surface area (Å²) >= 11 is 0. The van der Waals surface area contributed by atoms with Crippen LogP contribution in [0.15, 0.2) is 71.8 Å². The molecule has 10 heteroatoms. The lowest BCUT2D eigenvalue weighted by atomic mass is 10.2. The molecule has 0 radical (unpaired) electrons. The van der Waals surface area contributed by atoms with Crippen LogP contribution < -0.4 is 29.7 Å². The zero-order chi connectivity index (χ0) is 28.0. The second kappa shape index (κ2) is 14.8. The molecule has 0 aliphatic carbocycles. The molecule has 3 aromatic rings. The van der Waals surface area contributed by atoms with E-state index in [2.05, 4.69) is 22.8 Å². The Hall–Kier alpha value is -4.86. The van der Waals surface area contributed by atoms with Crippen molar-refractivity contribution in [1.29, 1.82) is 0 Å². The third-order valence-corrected chi connectivity index (χ3v) is 5.26. The standard InChI is InChI=1S/C29H31N3O7/c1-4-6-17-38-24-12-8-21(9-13-24)29(35)39-25-16-7-20(18-26(25)36-3)19-30-32-28(34)27(33)31-22-10-14-23(15-11-22)37-5-2/h7-16,18-19H,4-6,17H2,1-3H3,(H,31,33)(H,32,34)/b30-19-. The molecule has 39 heavy (non-hydrogen) atoms.